The van der Waals surface area contributed by atoms with E-state index in [-0.39, 0.29) is 5.91 Å². The Bertz CT molecular complexity index is 636. The number of rotatable bonds is 3. The van der Waals surface area contributed by atoms with Crippen LogP contribution in [0.5, 0.6) is 0 Å². The first-order valence-corrected chi connectivity index (χ1v) is 6.92. The number of primary amides is 1. The Hall–Kier alpha value is -2.13. The lowest BCUT2D eigenvalue weighted by Gasteiger charge is -2.26. The van der Waals surface area contributed by atoms with Crippen LogP contribution >= 0.6 is 0 Å². The van der Waals surface area contributed by atoms with Gasteiger partial charge in [-0.1, -0.05) is 42.5 Å². The van der Waals surface area contributed by atoms with Gasteiger partial charge in [-0.3, -0.25) is 4.79 Å². The van der Waals surface area contributed by atoms with E-state index in [1.807, 2.05) is 18.2 Å². The van der Waals surface area contributed by atoms with Crippen molar-refractivity contribution in [1.82, 2.24) is 5.32 Å². The summed E-state index contributed by atoms with van der Waals surface area (Å²) >= 11 is 0. The number of amides is 1. The van der Waals surface area contributed by atoms with Crippen molar-refractivity contribution in [1.29, 1.82) is 0 Å². The van der Waals surface area contributed by atoms with Gasteiger partial charge < -0.3 is 11.1 Å². The monoisotopic (exact) mass is 266 g/mol. The Balaban J connectivity index is 1.79. The molecule has 0 bridgehead atoms. The highest BCUT2D eigenvalue weighted by atomic mass is 16.1. The molecule has 0 fully saturated rings. The third kappa shape index (κ3) is 2.58. The van der Waals surface area contributed by atoms with E-state index in [9.17, 15) is 4.79 Å². The number of carbonyl (C=O) groups is 1. The Labute approximate surface area is 118 Å². The Morgan fingerprint density at radius 2 is 1.80 bits per heavy atom. The summed E-state index contributed by atoms with van der Waals surface area (Å²) in [5.41, 5.74) is 9.86. The smallest absolute Gasteiger partial charge is 0.248 e. The van der Waals surface area contributed by atoms with Crippen LogP contribution in [0.4, 0.5) is 0 Å². The molecule has 3 N–H and O–H groups in total. The van der Waals surface area contributed by atoms with E-state index >= 15 is 0 Å². The lowest BCUT2D eigenvalue weighted by Crippen LogP contribution is -2.37. The maximum absolute atomic E-state index is 11.5. The molecule has 0 spiro atoms. The van der Waals surface area contributed by atoms with E-state index in [4.69, 9.17) is 5.73 Å². The van der Waals surface area contributed by atoms with Crippen LogP contribution in [0.1, 0.15) is 27.0 Å². The van der Waals surface area contributed by atoms with Crippen molar-refractivity contribution in [2.24, 2.45) is 5.73 Å². The van der Waals surface area contributed by atoms with Gasteiger partial charge in [0.2, 0.25) is 5.91 Å². The van der Waals surface area contributed by atoms with Crippen LogP contribution in [0.3, 0.4) is 0 Å². The molecule has 1 aliphatic rings. The molecule has 0 aliphatic carbocycles. The predicted octanol–water partition coefficient (Wildman–Crippen LogP) is 2.04. The second kappa shape index (κ2) is 5.47. The molecule has 1 aliphatic heterocycles. The zero-order valence-corrected chi connectivity index (χ0v) is 11.3. The van der Waals surface area contributed by atoms with E-state index in [2.05, 4.69) is 29.6 Å². The van der Waals surface area contributed by atoms with Crippen molar-refractivity contribution in [2.45, 2.75) is 25.4 Å². The summed E-state index contributed by atoms with van der Waals surface area (Å²) in [5, 5.41) is 3.54. The van der Waals surface area contributed by atoms with Crippen molar-refractivity contribution in [3.63, 3.8) is 0 Å². The number of nitrogens with two attached hydrogens (primary N) is 1. The lowest BCUT2D eigenvalue weighted by atomic mass is 9.91. The molecule has 2 aromatic rings. The van der Waals surface area contributed by atoms with Gasteiger partial charge in [0.05, 0.1) is 0 Å². The first-order chi connectivity index (χ1) is 9.74. The van der Waals surface area contributed by atoms with E-state index < -0.39 is 0 Å². The summed E-state index contributed by atoms with van der Waals surface area (Å²) in [4.78, 5) is 11.5. The van der Waals surface area contributed by atoms with Crippen LogP contribution in [0.25, 0.3) is 0 Å². The van der Waals surface area contributed by atoms with Gasteiger partial charge in [0.1, 0.15) is 0 Å². The molecule has 3 rings (SSSR count). The third-order valence-corrected chi connectivity index (χ3v) is 3.92. The maximum Gasteiger partial charge on any atom is 0.248 e. The van der Waals surface area contributed by atoms with Crippen LogP contribution in [0.2, 0.25) is 0 Å². The summed E-state index contributed by atoms with van der Waals surface area (Å²) in [5.74, 6) is -0.350. The van der Waals surface area contributed by atoms with Gasteiger partial charge in [-0.15, -0.1) is 0 Å². The van der Waals surface area contributed by atoms with Gasteiger partial charge in [-0.2, -0.15) is 0 Å². The second-order valence-corrected chi connectivity index (χ2v) is 5.28. The van der Waals surface area contributed by atoms with Crippen LogP contribution in [0, 0.1) is 0 Å². The minimum atomic E-state index is -0.350. The fourth-order valence-electron chi connectivity index (χ4n) is 2.87. The zero-order chi connectivity index (χ0) is 13.9. The molecular formula is C17H18N2O. The molecule has 0 saturated carbocycles. The summed E-state index contributed by atoms with van der Waals surface area (Å²) in [6, 6.07) is 16.5. The van der Waals surface area contributed by atoms with Gasteiger partial charge in [0, 0.05) is 18.2 Å². The summed E-state index contributed by atoms with van der Waals surface area (Å²) in [7, 11) is 0. The SMILES string of the molecule is NC(=O)c1ccccc1C[C@@H]1Cc2ccccc2CN1. The van der Waals surface area contributed by atoms with E-state index in [0.29, 0.717) is 11.6 Å². The van der Waals surface area contributed by atoms with Crippen LogP contribution in [-0.4, -0.2) is 11.9 Å². The van der Waals surface area contributed by atoms with E-state index in [1.165, 1.54) is 11.1 Å². The Morgan fingerprint density at radius 1 is 1.10 bits per heavy atom. The normalized spacial score (nSPS) is 17.5. The van der Waals surface area contributed by atoms with Gasteiger partial charge in [0.15, 0.2) is 0 Å². The first-order valence-electron chi connectivity index (χ1n) is 6.92. The van der Waals surface area contributed by atoms with Crippen molar-refractivity contribution in [3.8, 4) is 0 Å². The standard InChI is InChI=1S/C17H18N2O/c18-17(20)16-8-4-3-6-13(16)10-15-9-12-5-1-2-7-14(12)11-19-15/h1-8,15,19H,9-11H2,(H2,18,20)/t15-/m0/s1. The van der Waals surface area contributed by atoms with Crippen molar-refractivity contribution in [2.75, 3.05) is 0 Å². The Kier molecular flexibility index (Phi) is 3.52. The quantitative estimate of drug-likeness (QED) is 0.893. The zero-order valence-electron chi connectivity index (χ0n) is 11.3. The minimum absolute atomic E-state index is 0.350. The van der Waals surface area contributed by atoms with Crippen LogP contribution < -0.4 is 11.1 Å². The second-order valence-electron chi connectivity index (χ2n) is 5.28. The third-order valence-electron chi connectivity index (χ3n) is 3.92. The predicted molar refractivity (Wildman–Crippen MR) is 79.4 cm³/mol. The molecule has 1 atom stereocenters. The number of nitrogens with one attached hydrogen (secondary N) is 1. The molecule has 2 aromatic carbocycles. The summed E-state index contributed by atoms with van der Waals surface area (Å²) < 4.78 is 0. The topological polar surface area (TPSA) is 55.1 Å². The molecule has 1 heterocycles. The molecule has 0 saturated heterocycles. The molecule has 0 unspecified atom stereocenters. The van der Waals surface area contributed by atoms with Gasteiger partial charge in [-0.05, 0) is 35.6 Å². The Morgan fingerprint density at radius 3 is 2.60 bits per heavy atom. The number of hydrogen-bond acceptors (Lipinski definition) is 2. The number of hydrogen-bond donors (Lipinski definition) is 2. The highest BCUT2D eigenvalue weighted by Crippen LogP contribution is 2.19. The highest BCUT2D eigenvalue weighted by Gasteiger charge is 2.19. The molecule has 0 radical (unpaired) electrons. The van der Waals surface area contributed by atoms with Crippen molar-refractivity contribution < 1.29 is 4.79 Å². The number of fused-ring (bicyclic) bond motifs is 1. The number of carbonyl (C=O) groups excluding carboxylic acids is 1. The average Bonchev–Trinajstić information content (AvgIpc) is 2.47. The largest absolute Gasteiger partial charge is 0.366 e. The number of benzene rings is 2. The van der Waals surface area contributed by atoms with Crippen LogP contribution in [-0.2, 0) is 19.4 Å². The molecule has 3 heteroatoms. The fourth-order valence-corrected chi connectivity index (χ4v) is 2.87. The molecule has 102 valence electrons. The van der Waals surface area contributed by atoms with Crippen LogP contribution in [0.15, 0.2) is 48.5 Å². The molecular weight excluding hydrogens is 248 g/mol. The fraction of sp³-hybridized carbons (Fsp3) is 0.235. The minimum Gasteiger partial charge on any atom is -0.366 e. The first kappa shape index (κ1) is 12.9. The molecule has 20 heavy (non-hydrogen) atoms. The summed E-state index contributed by atoms with van der Waals surface area (Å²) in [6.45, 7) is 0.888. The van der Waals surface area contributed by atoms with E-state index in [1.54, 1.807) is 6.07 Å². The highest BCUT2D eigenvalue weighted by molar-refractivity contribution is 5.94. The van der Waals surface area contributed by atoms with E-state index in [0.717, 1.165) is 24.9 Å². The summed E-state index contributed by atoms with van der Waals surface area (Å²) in [6.07, 6.45) is 1.82. The molecule has 3 nitrogen and oxygen atoms in total. The van der Waals surface area contributed by atoms with Gasteiger partial charge in [0.25, 0.3) is 0 Å². The lowest BCUT2D eigenvalue weighted by molar-refractivity contribution is 0.0999. The van der Waals surface area contributed by atoms with Crippen molar-refractivity contribution in [3.05, 3.63) is 70.8 Å². The maximum atomic E-state index is 11.5. The average molecular weight is 266 g/mol. The molecule has 0 aromatic heterocycles. The molecule has 1 amide bonds. The van der Waals surface area contributed by atoms with Crippen molar-refractivity contribution >= 4 is 5.91 Å². The van der Waals surface area contributed by atoms with Gasteiger partial charge >= 0.3 is 0 Å². The van der Waals surface area contributed by atoms with Gasteiger partial charge in [-0.25, -0.2) is 0 Å².